The molecule has 0 aliphatic carbocycles. The topological polar surface area (TPSA) is 55.4 Å². The van der Waals surface area contributed by atoms with Crippen LogP contribution in [0.3, 0.4) is 0 Å². The summed E-state index contributed by atoms with van der Waals surface area (Å²) in [6.45, 7) is 8.81. The molecule has 18 heavy (non-hydrogen) atoms. The van der Waals surface area contributed by atoms with Crippen molar-refractivity contribution in [2.75, 3.05) is 25.2 Å². The Bertz CT molecular complexity index is 312. The molecule has 0 rings (SSSR count). The predicted octanol–water partition coefficient (Wildman–Crippen LogP) is 1.99. The second kappa shape index (κ2) is 8.12. The van der Waals surface area contributed by atoms with Crippen LogP contribution in [0.4, 0.5) is 0 Å². The van der Waals surface area contributed by atoms with Gasteiger partial charge in [-0.15, -0.1) is 0 Å². The molecular weight excluding hydrogens is 250 g/mol. The van der Waals surface area contributed by atoms with E-state index in [1.807, 2.05) is 13.8 Å². The zero-order valence-corrected chi connectivity index (χ0v) is 13.3. The van der Waals surface area contributed by atoms with E-state index in [1.54, 1.807) is 14.0 Å². The number of sulfone groups is 1. The fourth-order valence-electron chi connectivity index (χ4n) is 1.81. The van der Waals surface area contributed by atoms with Crippen LogP contribution in [0.2, 0.25) is 0 Å². The van der Waals surface area contributed by atoms with Crippen molar-refractivity contribution in [2.24, 2.45) is 0 Å². The summed E-state index contributed by atoms with van der Waals surface area (Å²) in [5, 5.41) is 3.45. The highest BCUT2D eigenvalue weighted by molar-refractivity contribution is 7.91. The van der Waals surface area contributed by atoms with Crippen molar-refractivity contribution in [3.8, 4) is 0 Å². The fraction of sp³-hybridized carbons (Fsp3) is 1.00. The quantitative estimate of drug-likeness (QED) is 0.664. The highest BCUT2D eigenvalue weighted by Crippen LogP contribution is 2.18. The van der Waals surface area contributed by atoms with Gasteiger partial charge in [0.1, 0.15) is 9.84 Å². The first-order chi connectivity index (χ1) is 8.29. The molecule has 0 amide bonds. The number of methoxy groups -OCH3 is 1. The predicted molar refractivity (Wildman–Crippen MR) is 76.7 cm³/mol. The average Bonchev–Trinajstić information content (AvgIpc) is 2.33. The minimum Gasteiger partial charge on any atom is -0.377 e. The van der Waals surface area contributed by atoms with Gasteiger partial charge in [-0.1, -0.05) is 13.8 Å². The molecule has 1 atom stereocenters. The van der Waals surface area contributed by atoms with Crippen LogP contribution in [-0.4, -0.2) is 45.2 Å². The Hall–Kier alpha value is -0.130. The van der Waals surface area contributed by atoms with E-state index in [9.17, 15) is 8.42 Å². The molecular formula is C13H29NO3S. The van der Waals surface area contributed by atoms with Crippen LogP contribution in [0.5, 0.6) is 0 Å². The summed E-state index contributed by atoms with van der Waals surface area (Å²) < 4.78 is 28.4. The lowest BCUT2D eigenvalue weighted by Gasteiger charge is -2.34. The van der Waals surface area contributed by atoms with Gasteiger partial charge in [-0.25, -0.2) is 8.42 Å². The maximum Gasteiger partial charge on any atom is 0.150 e. The van der Waals surface area contributed by atoms with Crippen molar-refractivity contribution >= 4 is 9.84 Å². The third-order valence-corrected chi connectivity index (χ3v) is 5.18. The third kappa shape index (κ3) is 6.71. The van der Waals surface area contributed by atoms with E-state index in [0.29, 0.717) is 6.42 Å². The second-order valence-corrected chi connectivity index (χ2v) is 7.67. The molecule has 0 aromatic heterocycles. The van der Waals surface area contributed by atoms with Crippen molar-refractivity contribution < 1.29 is 13.2 Å². The first kappa shape index (κ1) is 17.9. The van der Waals surface area contributed by atoms with E-state index in [0.717, 1.165) is 19.4 Å². The van der Waals surface area contributed by atoms with Crippen molar-refractivity contribution in [2.45, 2.75) is 58.6 Å². The smallest absolute Gasteiger partial charge is 0.150 e. The lowest BCUT2D eigenvalue weighted by molar-refractivity contribution is -0.0125. The molecule has 0 aromatic rings. The second-order valence-electron chi connectivity index (χ2n) is 5.19. The van der Waals surface area contributed by atoms with Crippen LogP contribution < -0.4 is 5.32 Å². The highest BCUT2D eigenvalue weighted by Gasteiger charge is 2.28. The summed E-state index contributed by atoms with van der Waals surface area (Å²) in [5.74, 6) is 0.501. The summed E-state index contributed by atoms with van der Waals surface area (Å²) in [5.41, 5.74) is -0.273. The number of hydrogen-bond acceptors (Lipinski definition) is 4. The van der Waals surface area contributed by atoms with Gasteiger partial charge in [-0.3, -0.25) is 0 Å². The lowest BCUT2D eigenvalue weighted by atomic mass is 9.94. The molecule has 0 aliphatic heterocycles. The summed E-state index contributed by atoms with van der Waals surface area (Å²) in [6.07, 6.45) is 2.56. The van der Waals surface area contributed by atoms with E-state index >= 15 is 0 Å². The number of ether oxygens (including phenoxy) is 1. The maximum atomic E-state index is 11.5. The molecule has 0 aliphatic rings. The molecule has 0 aromatic carbocycles. The van der Waals surface area contributed by atoms with Crippen LogP contribution in [-0.2, 0) is 14.6 Å². The molecule has 1 unspecified atom stereocenters. The Balaban J connectivity index is 4.34. The Morgan fingerprint density at radius 1 is 1.28 bits per heavy atom. The lowest BCUT2D eigenvalue weighted by Crippen LogP contribution is -2.48. The molecule has 110 valence electrons. The molecule has 1 N–H and O–H groups in total. The average molecular weight is 279 g/mol. The number of hydrogen-bond donors (Lipinski definition) is 1. The van der Waals surface area contributed by atoms with Gasteiger partial charge in [-0.05, 0) is 39.7 Å². The molecule has 0 bridgehead atoms. The van der Waals surface area contributed by atoms with E-state index < -0.39 is 9.84 Å². The minimum absolute atomic E-state index is 0.189. The van der Waals surface area contributed by atoms with Crippen LogP contribution in [0.25, 0.3) is 0 Å². The maximum absolute atomic E-state index is 11.5. The van der Waals surface area contributed by atoms with Gasteiger partial charge >= 0.3 is 0 Å². The van der Waals surface area contributed by atoms with Crippen LogP contribution in [0.15, 0.2) is 0 Å². The van der Waals surface area contributed by atoms with E-state index in [1.165, 1.54) is 0 Å². The zero-order valence-electron chi connectivity index (χ0n) is 12.5. The normalized spacial score (nSPS) is 14.7. The largest absolute Gasteiger partial charge is 0.377 e. The van der Waals surface area contributed by atoms with Gasteiger partial charge in [0.15, 0.2) is 0 Å². The van der Waals surface area contributed by atoms with Crippen LogP contribution in [0, 0.1) is 0 Å². The Kier molecular flexibility index (Phi) is 8.06. The molecule has 0 heterocycles. The molecule has 4 nitrogen and oxygen atoms in total. The van der Waals surface area contributed by atoms with E-state index in [4.69, 9.17) is 4.74 Å². The highest BCUT2D eigenvalue weighted by atomic mass is 32.2. The Labute approximate surface area is 112 Å². The number of nitrogens with one attached hydrogen (secondary N) is 1. The van der Waals surface area contributed by atoms with Crippen molar-refractivity contribution in [3.05, 3.63) is 0 Å². The van der Waals surface area contributed by atoms with Crippen molar-refractivity contribution in [3.63, 3.8) is 0 Å². The van der Waals surface area contributed by atoms with E-state index in [-0.39, 0.29) is 23.1 Å². The van der Waals surface area contributed by atoms with Crippen molar-refractivity contribution in [1.29, 1.82) is 0 Å². The third-order valence-electron chi connectivity index (χ3n) is 3.39. The first-order valence-electron chi connectivity index (χ1n) is 6.78. The molecule has 0 fully saturated rings. The van der Waals surface area contributed by atoms with Gasteiger partial charge in [0.2, 0.25) is 0 Å². The SMILES string of the molecule is CCCNC(CCCS(=O)(=O)CC)C(C)(C)OC. The van der Waals surface area contributed by atoms with Crippen molar-refractivity contribution in [1.82, 2.24) is 5.32 Å². The summed E-state index contributed by atoms with van der Waals surface area (Å²) in [7, 11) is -1.16. The molecule has 0 spiro atoms. The number of rotatable bonds is 10. The van der Waals surface area contributed by atoms with Crippen LogP contribution in [0.1, 0.15) is 47.0 Å². The monoisotopic (exact) mass is 279 g/mol. The van der Waals surface area contributed by atoms with Gasteiger partial charge in [0.05, 0.1) is 11.4 Å². The van der Waals surface area contributed by atoms with Gasteiger partial charge in [-0.2, -0.15) is 0 Å². The Morgan fingerprint density at radius 2 is 1.89 bits per heavy atom. The minimum atomic E-state index is -2.86. The Morgan fingerprint density at radius 3 is 2.33 bits per heavy atom. The molecule has 0 saturated carbocycles. The summed E-state index contributed by atoms with van der Waals surface area (Å²) in [6, 6.07) is 0.189. The summed E-state index contributed by atoms with van der Waals surface area (Å²) >= 11 is 0. The van der Waals surface area contributed by atoms with Gasteiger partial charge in [0.25, 0.3) is 0 Å². The molecule has 5 heteroatoms. The zero-order chi connectivity index (χ0) is 14.2. The van der Waals surface area contributed by atoms with E-state index in [2.05, 4.69) is 12.2 Å². The molecule has 0 radical (unpaired) electrons. The summed E-state index contributed by atoms with van der Waals surface area (Å²) in [4.78, 5) is 0. The first-order valence-corrected chi connectivity index (χ1v) is 8.60. The molecule has 0 saturated heterocycles. The van der Waals surface area contributed by atoms with Gasteiger partial charge in [0, 0.05) is 18.9 Å². The standard InChI is InChI=1S/C13H29NO3S/c1-6-10-14-12(13(3,4)17-5)9-8-11-18(15,16)7-2/h12,14H,6-11H2,1-5H3. The van der Waals surface area contributed by atoms with Gasteiger partial charge < -0.3 is 10.1 Å². The van der Waals surface area contributed by atoms with Crippen LogP contribution >= 0.6 is 0 Å². The fourth-order valence-corrected chi connectivity index (χ4v) is 2.70.